The highest BCUT2D eigenvalue weighted by atomic mass is 32.2. The second-order valence-corrected chi connectivity index (χ2v) is 5.64. The zero-order valence-electron chi connectivity index (χ0n) is 10.0. The van der Waals surface area contributed by atoms with Crippen molar-refractivity contribution in [2.24, 2.45) is 0 Å². The Bertz CT molecular complexity index is 705. The third-order valence-electron chi connectivity index (χ3n) is 2.61. The largest absolute Gasteiger partial charge is 0.478 e. The van der Waals surface area contributed by atoms with E-state index < -0.39 is 16.0 Å². The van der Waals surface area contributed by atoms with E-state index in [0.717, 1.165) is 0 Å². The second-order valence-electron chi connectivity index (χ2n) is 3.95. The predicted molar refractivity (Wildman–Crippen MR) is 69.7 cm³/mol. The lowest BCUT2D eigenvalue weighted by atomic mass is 10.1. The fraction of sp³-hybridized carbons (Fsp3) is 0.0833. The molecule has 0 bridgehead atoms. The number of aromatic nitrogens is 1. The number of carbonyl (C=O) groups is 1. The van der Waals surface area contributed by atoms with Gasteiger partial charge in [0.2, 0.25) is 0 Å². The van der Waals surface area contributed by atoms with Crippen LogP contribution in [0, 0.1) is 6.92 Å². The zero-order chi connectivity index (χ0) is 14.0. The first-order valence-corrected chi connectivity index (χ1v) is 6.88. The molecule has 0 saturated carbocycles. The number of sulfonamides is 1. The summed E-state index contributed by atoms with van der Waals surface area (Å²) in [6, 6.07) is 6.01. The van der Waals surface area contributed by atoms with Crippen LogP contribution in [0.2, 0.25) is 0 Å². The quantitative estimate of drug-likeness (QED) is 0.795. The number of H-pyrrole nitrogens is 1. The molecule has 0 radical (unpaired) electrons. The SMILES string of the molecule is Cc1cccc(NS(=O)(=O)c2cc[nH]c2)c1C(=O)O. The van der Waals surface area contributed by atoms with Gasteiger partial charge in [-0.05, 0) is 24.6 Å². The fourth-order valence-electron chi connectivity index (χ4n) is 1.72. The summed E-state index contributed by atoms with van der Waals surface area (Å²) in [6.07, 6.45) is 2.79. The smallest absolute Gasteiger partial charge is 0.338 e. The van der Waals surface area contributed by atoms with Gasteiger partial charge in [0.25, 0.3) is 10.0 Å². The van der Waals surface area contributed by atoms with E-state index in [9.17, 15) is 13.2 Å². The maximum absolute atomic E-state index is 12.0. The monoisotopic (exact) mass is 280 g/mol. The zero-order valence-corrected chi connectivity index (χ0v) is 10.9. The molecule has 1 heterocycles. The van der Waals surface area contributed by atoms with Crippen molar-refractivity contribution in [2.75, 3.05) is 4.72 Å². The maximum Gasteiger partial charge on any atom is 0.338 e. The molecule has 2 rings (SSSR count). The van der Waals surface area contributed by atoms with Crippen LogP contribution in [0.3, 0.4) is 0 Å². The number of hydrogen-bond donors (Lipinski definition) is 3. The molecule has 0 fully saturated rings. The molecule has 0 aliphatic carbocycles. The minimum absolute atomic E-state index is 0.0466. The number of aryl methyl sites for hydroxylation is 1. The topological polar surface area (TPSA) is 99.3 Å². The number of rotatable bonds is 4. The Hall–Kier alpha value is -2.28. The number of anilines is 1. The van der Waals surface area contributed by atoms with Gasteiger partial charge >= 0.3 is 5.97 Å². The van der Waals surface area contributed by atoms with Crippen LogP contribution in [0.4, 0.5) is 5.69 Å². The molecule has 0 unspecified atom stereocenters. The maximum atomic E-state index is 12.0. The Morgan fingerprint density at radius 3 is 2.63 bits per heavy atom. The Kier molecular flexibility index (Phi) is 3.30. The Morgan fingerprint density at radius 2 is 2.05 bits per heavy atom. The lowest BCUT2D eigenvalue weighted by Crippen LogP contribution is -2.15. The number of nitrogens with one attached hydrogen (secondary N) is 2. The molecule has 0 aliphatic heterocycles. The molecule has 0 aliphatic rings. The lowest BCUT2D eigenvalue weighted by Gasteiger charge is -2.11. The summed E-state index contributed by atoms with van der Waals surface area (Å²) in [6.45, 7) is 1.61. The van der Waals surface area contributed by atoms with E-state index >= 15 is 0 Å². The standard InChI is InChI=1S/C12H12N2O4S/c1-8-3-2-4-10(11(8)12(15)16)14-19(17,18)9-5-6-13-7-9/h2-7,13-14H,1H3,(H,15,16). The van der Waals surface area contributed by atoms with Crippen molar-refractivity contribution in [2.45, 2.75) is 11.8 Å². The molecule has 1 aromatic heterocycles. The van der Waals surface area contributed by atoms with Gasteiger partial charge in [0.05, 0.1) is 11.3 Å². The summed E-state index contributed by atoms with van der Waals surface area (Å²) in [5.41, 5.74) is 0.483. The molecule has 0 spiro atoms. The Morgan fingerprint density at radius 1 is 1.32 bits per heavy atom. The second kappa shape index (κ2) is 4.77. The van der Waals surface area contributed by atoms with E-state index in [0.29, 0.717) is 5.56 Å². The van der Waals surface area contributed by atoms with E-state index in [1.807, 2.05) is 0 Å². The summed E-state index contributed by atoms with van der Waals surface area (Å²) in [5, 5.41) is 9.13. The van der Waals surface area contributed by atoms with Crippen molar-refractivity contribution in [1.29, 1.82) is 0 Å². The van der Waals surface area contributed by atoms with Gasteiger partial charge in [0, 0.05) is 12.4 Å². The third kappa shape index (κ3) is 2.60. The third-order valence-corrected chi connectivity index (χ3v) is 3.97. The van der Waals surface area contributed by atoms with Gasteiger partial charge < -0.3 is 10.1 Å². The summed E-state index contributed by atoms with van der Waals surface area (Å²) in [5.74, 6) is -1.18. The number of benzene rings is 1. The molecule has 2 aromatic rings. The van der Waals surface area contributed by atoms with E-state index in [4.69, 9.17) is 5.11 Å². The molecule has 6 nitrogen and oxygen atoms in total. The van der Waals surface area contributed by atoms with Gasteiger partial charge in [0.15, 0.2) is 0 Å². The molecule has 0 amide bonds. The molecule has 19 heavy (non-hydrogen) atoms. The van der Waals surface area contributed by atoms with Gasteiger partial charge in [-0.25, -0.2) is 13.2 Å². The van der Waals surface area contributed by atoms with Crippen molar-refractivity contribution < 1.29 is 18.3 Å². The van der Waals surface area contributed by atoms with E-state index in [1.165, 1.54) is 24.5 Å². The number of carboxylic acids is 1. The predicted octanol–water partition coefficient (Wildman–Crippen LogP) is 1.82. The van der Waals surface area contributed by atoms with E-state index in [2.05, 4.69) is 9.71 Å². The highest BCUT2D eigenvalue weighted by Gasteiger charge is 2.19. The first kappa shape index (κ1) is 13.2. The first-order chi connectivity index (χ1) is 8.92. The van der Waals surface area contributed by atoms with E-state index in [-0.39, 0.29) is 16.1 Å². The number of aromatic carboxylic acids is 1. The van der Waals surface area contributed by atoms with E-state index in [1.54, 1.807) is 19.1 Å². The Balaban J connectivity index is 2.45. The van der Waals surface area contributed by atoms with Crippen LogP contribution < -0.4 is 4.72 Å². The van der Waals surface area contributed by atoms with Crippen molar-refractivity contribution in [3.63, 3.8) is 0 Å². The van der Waals surface area contributed by atoms with Crippen LogP contribution in [-0.4, -0.2) is 24.5 Å². The molecule has 1 aromatic carbocycles. The molecule has 3 N–H and O–H groups in total. The first-order valence-electron chi connectivity index (χ1n) is 5.40. The van der Waals surface area contributed by atoms with Crippen LogP contribution >= 0.6 is 0 Å². The van der Waals surface area contributed by atoms with Gasteiger partial charge in [-0.3, -0.25) is 4.72 Å². The van der Waals surface area contributed by atoms with Gasteiger partial charge in [-0.15, -0.1) is 0 Å². The molecular formula is C12H12N2O4S. The molecular weight excluding hydrogens is 268 g/mol. The summed E-state index contributed by atoms with van der Waals surface area (Å²) < 4.78 is 26.3. The average molecular weight is 280 g/mol. The van der Waals surface area contributed by atoms with Crippen LogP contribution in [0.25, 0.3) is 0 Å². The molecule has 100 valence electrons. The van der Waals surface area contributed by atoms with Crippen molar-refractivity contribution in [1.82, 2.24) is 4.98 Å². The van der Waals surface area contributed by atoms with Crippen molar-refractivity contribution in [3.8, 4) is 0 Å². The average Bonchev–Trinajstić information content (AvgIpc) is 2.81. The molecule has 0 atom stereocenters. The number of hydrogen-bond acceptors (Lipinski definition) is 3. The van der Waals surface area contributed by atoms with Crippen LogP contribution in [0.1, 0.15) is 15.9 Å². The summed E-state index contributed by atoms with van der Waals surface area (Å²) in [4.78, 5) is 13.9. The summed E-state index contributed by atoms with van der Waals surface area (Å²) >= 11 is 0. The van der Waals surface area contributed by atoms with Crippen molar-refractivity contribution >= 4 is 21.7 Å². The highest BCUT2D eigenvalue weighted by molar-refractivity contribution is 7.92. The fourth-order valence-corrected chi connectivity index (χ4v) is 2.76. The number of aromatic amines is 1. The van der Waals surface area contributed by atoms with Crippen LogP contribution in [0.15, 0.2) is 41.6 Å². The minimum Gasteiger partial charge on any atom is -0.478 e. The normalized spacial score (nSPS) is 11.2. The molecule has 0 saturated heterocycles. The van der Waals surface area contributed by atoms with Gasteiger partial charge in [0.1, 0.15) is 4.90 Å². The molecule has 7 heteroatoms. The Labute approximate surface area is 110 Å². The minimum atomic E-state index is -3.79. The van der Waals surface area contributed by atoms with Gasteiger partial charge in [-0.1, -0.05) is 12.1 Å². The van der Waals surface area contributed by atoms with Gasteiger partial charge in [-0.2, -0.15) is 0 Å². The highest BCUT2D eigenvalue weighted by Crippen LogP contribution is 2.22. The lowest BCUT2D eigenvalue weighted by molar-refractivity contribution is 0.0697. The number of carboxylic acid groups (broad SMARTS) is 1. The summed E-state index contributed by atoms with van der Waals surface area (Å²) in [7, 11) is -3.79. The van der Waals surface area contributed by atoms with Crippen LogP contribution in [-0.2, 0) is 10.0 Å². The van der Waals surface area contributed by atoms with Crippen LogP contribution in [0.5, 0.6) is 0 Å². The van der Waals surface area contributed by atoms with Crippen molar-refractivity contribution in [3.05, 3.63) is 47.8 Å².